The lowest BCUT2D eigenvalue weighted by Crippen LogP contribution is -1.96. The topological polar surface area (TPSA) is 80.5 Å². The van der Waals surface area contributed by atoms with Crippen LogP contribution in [-0.4, -0.2) is 14.8 Å². The van der Waals surface area contributed by atoms with Crippen LogP contribution in [0.4, 0.5) is 5.95 Å². The molecule has 6 heteroatoms. The molecular weight excluding hydrogens is 214 g/mol. The van der Waals surface area contributed by atoms with Gasteiger partial charge in [0.2, 0.25) is 5.95 Å². The van der Waals surface area contributed by atoms with Gasteiger partial charge in [0, 0.05) is 0 Å². The molecule has 0 fully saturated rings. The predicted octanol–water partition coefficient (Wildman–Crippen LogP) is 1.37. The van der Waals surface area contributed by atoms with Gasteiger partial charge in [0.1, 0.15) is 12.4 Å². The highest BCUT2D eigenvalue weighted by atomic mass is 35.5. The standard InChI is InChI=1S/C9H6ClN5/c10-8-3-7(2-1-6(8)4-11)15-5-13-9(12)14-15/h1-3,5H,(H2,12,14). The Morgan fingerprint density at radius 3 is 2.80 bits per heavy atom. The summed E-state index contributed by atoms with van der Waals surface area (Å²) in [5.41, 5.74) is 6.52. The van der Waals surface area contributed by atoms with E-state index in [-0.39, 0.29) is 5.95 Å². The third-order valence-electron chi connectivity index (χ3n) is 1.85. The fourth-order valence-electron chi connectivity index (χ4n) is 1.14. The number of hydrogen-bond acceptors (Lipinski definition) is 4. The van der Waals surface area contributed by atoms with Crippen LogP contribution < -0.4 is 5.73 Å². The van der Waals surface area contributed by atoms with Crippen molar-refractivity contribution in [3.05, 3.63) is 35.1 Å². The fraction of sp³-hybridized carbons (Fsp3) is 0. The summed E-state index contributed by atoms with van der Waals surface area (Å²) in [7, 11) is 0. The molecule has 74 valence electrons. The first-order valence-corrected chi connectivity index (χ1v) is 4.45. The van der Waals surface area contributed by atoms with Crippen LogP contribution in [0.5, 0.6) is 0 Å². The second kappa shape index (κ2) is 3.59. The molecule has 0 aliphatic heterocycles. The number of rotatable bonds is 1. The summed E-state index contributed by atoms with van der Waals surface area (Å²) < 4.78 is 1.49. The van der Waals surface area contributed by atoms with E-state index in [1.165, 1.54) is 11.0 Å². The van der Waals surface area contributed by atoms with E-state index in [0.717, 1.165) is 0 Å². The van der Waals surface area contributed by atoms with Crippen molar-refractivity contribution in [3.63, 3.8) is 0 Å². The third-order valence-corrected chi connectivity index (χ3v) is 2.16. The molecule has 0 aliphatic rings. The minimum absolute atomic E-state index is 0.190. The maximum Gasteiger partial charge on any atom is 0.239 e. The third kappa shape index (κ3) is 1.75. The highest BCUT2D eigenvalue weighted by Crippen LogP contribution is 2.18. The van der Waals surface area contributed by atoms with Crippen molar-refractivity contribution in [2.75, 3.05) is 5.73 Å². The smallest absolute Gasteiger partial charge is 0.239 e. The molecule has 1 heterocycles. The van der Waals surface area contributed by atoms with Crippen LogP contribution >= 0.6 is 11.6 Å². The maximum absolute atomic E-state index is 8.69. The second-order valence-corrected chi connectivity index (χ2v) is 3.23. The zero-order chi connectivity index (χ0) is 10.8. The van der Waals surface area contributed by atoms with E-state index >= 15 is 0 Å². The molecule has 0 unspecified atom stereocenters. The Morgan fingerprint density at radius 1 is 1.47 bits per heavy atom. The van der Waals surface area contributed by atoms with Crippen LogP contribution in [0.15, 0.2) is 24.5 Å². The number of hydrogen-bond donors (Lipinski definition) is 1. The molecule has 0 aliphatic carbocycles. The van der Waals surface area contributed by atoms with Gasteiger partial charge in [-0.2, -0.15) is 5.26 Å². The number of nitriles is 1. The molecule has 0 atom stereocenters. The number of nitrogen functional groups attached to an aromatic ring is 1. The van der Waals surface area contributed by atoms with E-state index in [0.29, 0.717) is 16.3 Å². The quantitative estimate of drug-likeness (QED) is 0.786. The van der Waals surface area contributed by atoms with Crippen LogP contribution in [0.25, 0.3) is 5.69 Å². The molecule has 15 heavy (non-hydrogen) atoms. The van der Waals surface area contributed by atoms with E-state index in [9.17, 15) is 0 Å². The maximum atomic E-state index is 8.69. The number of nitrogens with two attached hydrogens (primary N) is 1. The van der Waals surface area contributed by atoms with Crippen LogP contribution in [0.1, 0.15) is 5.56 Å². The van der Waals surface area contributed by atoms with Gasteiger partial charge in [-0.3, -0.25) is 0 Å². The first kappa shape index (κ1) is 9.49. The van der Waals surface area contributed by atoms with Crippen molar-refractivity contribution >= 4 is 17.5 Å². The monoisotopic (exact) mass is 219 g/mol. The van der Waals surface area contributed by atoms with E-state index in [2.05, 4.69) is 10.1 Å². The Morgan fingerprint density at radius 2 is 2.27 bits per heavy atom. The van der Waals surface area contributed by atoms with Crippen molar-refractivity contribution in [2.45, 2.75) is 0 Å². The average Bonchev–Trinajstić information content (AvgIpc) is 2.65. The van der Waals surface area contributed by atoms with Gasteiger partial charge in [-0.25, -0.2) is 9.67 Å². The van der Waals surface area contributed by atoms with Gasteiger partial charge >= 0.3 is 0 Å². The molecular formula is C9H6ClN5. The molecule has 0 saturated heterocycles. The molecule has 0 amide bonds. The minimum atomic E-state index is 0.190. The highest BCUT2D eigenvalue weighted by Gasteiger charge is 2.03. The normalized spacial score (nSPS) is 9.87. The lowest BCUT2D eigenvalue weighted by molar-refractivity contribution is 0.883. The van der Waals surface area contributed by atoms with Crippen LogP contribution in [0, 0.1) is 11.3 Å². The number of benzene rings is 1. The van der Waals surface area contributed by atoms with Crippen LogP contribution in [-0.2, 0) is 0 Å². The predicted molar refractivity (Wildman–Crippen MR) is 55.5 cm³/mol. The summed E-state index contributed by atoms with van der Waals surface area (Å²) in [5.74, 6) is 0.190. The number of aromatic nitrogens is 3. The largest absolute Gasteiger partial charge is 0.366 e. The molecule has 0 radical (unpaired) electrons. The van der Waals surface area contributed by atoms with E-state index in [4.69, 9.17) is 22.6 Å². The number of anilines is 1. The van der Waals surface area contributed by atoms with Crippen molar-refractivity contribution in [2.24, 2.45) is 0 Å². The zero-order valence-electron chi connectivity index (χ0n) is 7.55. The summed E-state index contributed by atoms with van der Waals surface area (Å²) in [6, 6.07) is 6.95. The molecule has 2 aromatic rings. The lowest BCUT2D eigenvalue weighted by atomic mass is 10.2. The average molecular weight is 220 g/mol. The summed E-state index contributed by atoms with van der Waals surface area (Å²) in [6.07, 6.45) is 1.48. The van der Waals surface area contributed by atoms with E-state index in [1.807, 2.05) is 6.07 Å². The van der Waals surface area contributed by atoms with E-state index in [1.54, 1.807) is 18.2 Å². The van der Waals surface area contributed by atoms with Crippen LogP contribution in [0.3, 0.4) is 0 Å². The van der Waals surface area contributed by atoms with Gasteiger partial charge in [-0.1, -0.05) is 11.6 Å². The summed E-state index contributed by atoms with van der Waals surface area (Å²) in [5, 5.41) is 13.0. The lowest BCUT2D eigenvalue weighted by Gasteiger charge is -2.01. The van der Waals surface area contributed by atoms with Crippen molar-refractivity contribution in [3.8, 4) is 11.8 Å². The Kier molecular flexibility index (Phi) is 2.27. The molecule has 0 saturated carbocycles. The van der Waals surface area contributed by atoms with E-state index < -0.39 is 0 Å². The number of nitrogens with zero attached hydrogens (tertiary/aromatic N) is 4. The first-order valence-electron chi connectivity index (χ1n) is 4.08. The van der Waals surface area contributed by atoms with Crippen molar-refractivity contribution in [1.29, 1.82) is 5.26 Å². The Bertz CT molecular complexity index is 540. The van der Waals surface area contributed by atoms with Gasteiger partial charge in [0.05, 0.1) is 16.3 Å². The van der Waals surface area contributed by atoms with Gasteiger partial charge in [-0.05, 0) is 18.2 Å². The van der Waals surface area contributed by atoms with Crippen LogP contribution in [0.2, 0.25) is 5.02 Å². The summed E-state index contributed by atoms with van der Waals surface area (Å²) in [6.45, 7) is 0. The summed E-state index contributed by atoms with van der Waals surface area (Å²) >= 11 is 5.87. The highest BCUT2D eigenvalue weighted by molar-refractivity contribution is 6.31. The molecule has 5 nitrogen and oxygen atoms in total. The van der Waals surface area contributed by atoms with Crippen molar-refractivity contribution in [1.82, 2.24) is 14.8 Å². The van der Waals surface area contributed by atoms with Gasteiger partial charge in [0.25, 0.3) is 0 Å². The molecule has 2 rings (SSSR count). The van der Waals surface area contributed by atoms with Gasteiger partial charge < -0.3 is 5.73 Å². The summed E-state index contributed by atoms with van der Waals surface area (Å²) in [4.78, 5) is 3.79. The van der Waals surface area contributed by atoms with Crippen molar-refractivity contribution < 1.29 is 0 Å². The Labute approximate surface area is 90.7 Å². The zero-order valence-corrected chi connectivity index (χ0v) is 8.31. The molecule has 2 N–H and O–H groups in total. The Balaban J connectivity index is 2.48. The number of halogens is 1. The molecule has 1 aromatic heterocycles. The molecule has 0 bridgehead atoms. The molecule has 1 aromatic carbocycles. The Hall–Kier alpha value is -2.06. The SMILES string of the molecule is N#Cc1ccc(-n2cnc(N)n2)cc1Cl. The van der Waals surface area contributed by atoms with Gasteiger partial charge in [-0.15, -0.1) is 5.10 Å². The fourth-order valence-corrected chi connectivity index (χ4v) is 1.35. The molecule has 0 spiro atoms. The second-order valence-electron chi connectivity index (χ2n) is 2.82. The van der Waals surface area contributed by atoms with Gasteiger partial charge in [0.15, 0.2) is 0 Å². The first-order chi connectivity index (χ1) is 7.20. The minimum Gasteiger partial charge on any atom is -0.366 e.